The number of rotatable bonds is 7. The maximum Gasteiger partial charge on any atom is 0.300 e. The predicted molar refractivity (Wildman–Crippen MR) is 148 cm³/mol. The van der Waals surface area contributed by atoms with Crippen LogP contribution in [0.3, 0.4) is 0 Å². The van der Waals surface area contributed by atoms with E-state index < -0.39 is 23.5 Å². The summed E-state index contributed by atoms with van der Waals surface area (Å²) in [7, 11) is 8.16. The van der Waals surface area contributed by atoms with E-state index in [1.165, 1.54) is 38.4 Å². The van der Waals surface area contributed by atoms with E-state index in [4.69, 9.17) is 37.4 Å². The molecule has 1 fully saturated rings. The largest absolute Gasteiger partial charge is 0.507 e. The second kappa shape index (κ2) is 10.8. The first-order valence-corrected chi connectivity index (χ1v) is 12.2. The second-order valence-corrected chi connectivity index (χ2v) is 9.51. The minimum absolute atomic E-state index is 0.0800. The first kappa shape index (κ1) is 27.2. The lowest BCUT2D eigenvalue weighted by molar-refractivity contribution is -0.132. The summed E-state index contributed by atoms with van der Waals surface area (Å²) in [5.74, 6) is -1.19. The van der Waals surface area contributed by atoms with Crippen molar-refractivity contribution >= 4 is 52.0 Å². The lowest BCUT2D eigenvalue weighted by Crippen LogP contribution is -2.29. The monoisotopic (exact) mass is 556 g/mol. The smallest absolute Gasteiger partial charge is 0.300 e. The number of carbonyl (C=O) groups is 2. The number of hydrogen-bond donors (Lipinski definition) is 1. The lowest BCUT2D eigenvalue weighted by atomic mass is 9.94. The fraction of sp³-hybridized carbons (Fsp3) is 0.214. The standard InChI is InChI=1S/C28H26Cl2N2O6/c1-31(2)17-7-9-18(10-8-17)32-24(15-6-11-21(36-3)22(12-15)37-4)23(26(34)28(32)35)25(33)19-13-16(29)14-20(30)27(19)38-5/h6-14,24,33H,1-5H3/b25-23+. The molecule has 0 aromatic heterocycles. The number of hydrogen-bond acceptors (Lipinski definition) is 7. The highest BCUT2D eigenvalue weighted by molar-refractivity contribution is 6.52. The number of methoxy groups -OCH3 is 3. The van der Waals surface area contributed by atoms with E-state index in [1.807, 2.05) is 31.1 Å². The summed E-state index contributed by atoms with van der Waals surface area (Å²) >= 11 is 12.5. The van der Waals surface area contributed by atoms with Gasteiger partial charge in [-0.2, -0.15) is 0 Å². The van der Waals surface area contributed by atoms with Crippen molar-refractivity contribution in [2.75, 3.05) is 45.2 Å². The van der Waals surface area contributed by atoms with Crippen LogP contribution in [-0.4, -0.2) is 52.2 Å². The van der Waals surface area contributed by atoms with E-state index >= 15 is 0 Å². The zero-order valence-corrected chi connectivity index (χ0v) is 22.9. The number of anilines is 2. The Hall–Kier alpha value is -3.88. The SMILES string of the molecule is COc1ccc(C2/C(=C(\O)c3cc(Cl)cc(Cl)c3OC)C(=O)C(=O)N2c2ccc(N(C)C)cc2)cc1OC. The Morgan fingerprint density at radius 2 is 1.55 bits per heavy atom. The molecule has 0 bridgehead atoms. The van der Waals surface area contributed by atoms with Crippen molar-refractivity contribution in [2.45, 2.75) is 6.04 Å². The minimum atomic E-state index is -1.01. The fourth-order valence-electron chi connectivity index (χ4n) is 4.44. The van der Waals surface area contributed by atoms with Crippen LogP contribution in [0, 0.1) is 0 Å². The summed E-state index contributed by atoms with van der Waals surface area (Å²) in [5.41, 5.74) is 1.80. The Morgan fingerprint density at radius 3 is 2.13 bits per heavy atom. The third-order valence-electron chi connectivity index (χ3n) is 6.28. The molecule has 10 heteroatoms. The second-order valence-electron chi connectivity index (χ2n) is 8.66. The number of benzene rings is 3. The van der Waals surface area contributed by atoms with E-state index in [1.54, 1.807) is 30.3 Å². The summed E-state index contributed by atoms with van der Waals surface area (Å²) in [6.45, 7) is 0. The van der Waals surface area contributed by atoms with Gasteiger partial charge in [-0.25, -0.2) is 0 Å². The molecule has 3 aromatic carbocycles. The molecule has 1 heterocycles. The van der Waals surface area contributed by atoms with E-state index in [0.29, 0.717) is 22.7 Å². The van der Waals surface area contributed by atoms with E-state index in [0.717, 1.165) is 5.69 Å². The molecule has 38 heavy (non-hydrogen) atoms. The van der Waals surface area contributed by atoms with Crippen molar-refractivity contribution in [3.05, 3.63) is 81.3 Å². The Balaban J connectivity index is 2.00. The van der Waals surface area contributed by atoms with Gasteiger partial charge in [0, 0.05) is 30.5 Å². The molecule has 1 N–H and O–H groups in total. The van der Waals surface area contributed by atoms with Crippen LogP contribution >= 0.6 is 23.2 Å². The zero-order valence-electron chi connectivity index (χ0n) is 21.4. The van der Waals surface area contributed by atoms with Crippen molar-refractivity contribution in [2.24, 2.45) is 0 Å². The number of carbonyl (C=O) groups excluding carboxylic acids is 2. The van der Waals surface area contributed by atoms with Gasteiger partial charge in [0.25, 0.3) is 11.7 Å². The fourth-order valence-corrected chi connectivity index (χ4v) is 5.01. The lowest BCUT2D eigenvalue weighted by Gasteiger charge is -2.26. The summed E-state index contributed by atoms with van der Waals surface area (Å²) in [4.78, 5) is 30.3. The summed E-state index contributed by atoms with van der Waals surface area (Å²) < 4.78 is 16.2. The highest BCUT2D eigenvalue weighted by Crippen LogP contribution is 2.46. The third-order valence-corrected chi connectivity index (χ3v) is 6.78. The van der Waals surface area contributed by atoms with Gasteiger partial charge in [-0.1, -0.05) is 29.3 Å². The quantitative estimate of drug-likeness (QED) is 0.226. The van der Waals surface area contributed by atoms with Crippen molar-refractivity contribution in [1.82, 2.24) is 0 Å². The normalized spacial score (nSPS) is 16.5. The molecule has 198 valence electrons. The maximum atomic E-state index is 13.5. The predicted octanol–water partition coefficient (Wildman–Crippen LogP) is 5.71. The Bertz CT molecular complexity index is 1440. The Labute approximate surface area is 230 Å². The first-order valence-electron chi connectivity index (χ1n) is 11.5. The highest BCUT2D eigenvalue weighted by Gasteiger charge is 2.47. The molecule has 0 aliphatic carbocycles. The Morgan fingerprint density at radius 1 is 0.895 bits per heavy atom. The van der Waals surface area contributed by atoms with Gasteiger partial charge < -0.3 is 24.2 Å². The van der Waals surface area contributed by atoms with Crippen LogP contribution in [0.15, 0.2) is 60.2 Å². The summed E-state index contributed by atoms with van der Waals surface area (Å²) in [6, 6.07) is 14.0. The molecule has 1 amide bonds. The number of halogens is 2. The van der Waals surface area contributed by atoms with Crippen molar-refractivity contribution in [3.8, 4) is 17.2 Å². The molecule has 1 saturated heterocycles. The molecule has 1 atom stereocenters. The molecule has 0 spiro atoms. The van der Waals surface area contributed by atoms with Crippen LogP contribution < -0.4 is 24.0 Å². The van der Waals surface area contributed by atoms with Crippen molar-refractivity contribution < 1.29 is 28.9 Å². The third kappa shape index (κ3) is 4.73. The molecular formula is C28H26Cl2N2O6. The van der Waals surface area contributed by atoms with Gasteiger partial charge in [0.05, 0.1) is 43.5 Å². The van der Waals surface area contributed by atoms with Gasteiger partial charge in [-0.15, -0.1) is 0 Å². The average molecular weight is 557 g/mol. The number of aliphatic hydroxyl groups excluding tert-OH is 1. The number of ketones is 1. The molecule has 3 aromatic rings. The Kier molecular flexibility index (Phi) is 7.76. The van der Waals surface area contributed by atoms with Crippen LogP contribution in [0.1, 0.15) is 17.2 Å². The van der Waals surface area contributed by atoms with Crippen molar-refractivity contribution in [3.63, 3.8) is 0 Å². The van der Waals surface area contributed by atoms with Crippen LogP contribution in [0.2, 0.25) is 10.0 Å². The first-order chi connectivity index (χ1) is 18.1. The van der Waals surface area contributed by atoms with E-state index in [9.17, 15) is 14.7 Å². The number of aliphatic hydroxyl groups is 1. The van der Waals surface area contributed by atoms with Gasteiger partial charge >= 0.3 is 0 Å². The van der Waals surface area contributed by atoms with Gasteiger partial charge in [0.15, 0.2) is 11.5 Å². The van der Waals surface area contributed by atoms with Crippen LogP contribution in [-0.2, 0) is 9.59 Å². The number of amides is 1. The topological polar surface area (TPSA) is 88.5 Å². The number of nitrogens with zero attached hydrogens (tertiary/aromatic N) is 2. The molecule has 1 unspecified atom stereocenters. The van der Waals surface area contributed by atoms with Gasteiger partial charge in [0.1, 0.15) is 11.5 Å². The molecule has 1 aliphatic heterocycles. The van der Waals surface area contributed by atoms with Gasteiger partial charge in [-0.3, -0.25) is 14.5 Å². The maximum absolute atomic E-state index is 13.5. The zero-order chi connectivity index (χ0) is 27.7. The molecule has 8 nitrogen and oxygen atoms in total. The van der Waals surface area contributed by atoms with Gasteiger partial charge in [0.2, 0.25) is 0 Å². The number of Topliss-reactive ketones (excluding diaryl/α,β-unsaturated/α-hetero) is 1. The van der Waals surface area contributed by atoms with Crippen molar-refractivity contribution in [1.29, 1.82) is 0 Å². The molecule has 1 aliphatic rings. The van der Waals surface area contributed by atoms with Crippen LogP contribution in [0.5, 0.6) is 17.2 Å². The van der Waals surface area contributed by atoms with Crippen LogP contribution in [0.4, 0.5) is 11.4 Å². The van der Waals surface area contributed by atoms with Gasteiger partial charge in [-0.05, 0) is 54.1 Å². The minimum Gasteiger partial charge on any atom is -0.507 e. The molecule has 4 rings (SSSR count). The average Bonchev–Trinajstić information content (AvgIpc) is 3.17. The molecular weight excluding hydrogens is 531 g/mol. The summed E-state index contributed by atoms with van der Waals surface area (Å²) in [6.07, 6.45) is 0. The van der Waals surface area contributed by atoms with E-state index in [-0.39, 0.29) is 26.9 Å². The van der Waals surface area contributed by atoms with Crippen LogP contribution in [0.25, 0.3) is 5.76 Å². The number of ether oxygens (including phenoxy) is 3. The summed E-state index contributed by atoms with van der Waals surface area (Å²) in [5, 5.41) is 11.9. The molecule has 0 radical (unpaired) electrons. The highest BCUT2D eigenvalue weighted by atomic mass is 35.5. The molecule has 0 saturated carbocycles. The van der Waals surface area contributed by atoms with E-state index in [2.05, 4.69) is 0 Å².